The van der Waals surface area contributed by atoms with E-state index in [1.807, 2.05) is 0 Å². The second-order valence-electron chi connectivity index (χ2n) is 3.96. The zero-order valence-corrected chi connectivity index (χ0v) is 11.1. The summed E-state index contributed by atoms with van der Waals surface area (Å²) in [7, 11) is 0. The van der Waals surface area contributed by atoms with Gasteiger partial charge in [-0.3, -0.25) is 14.9 Å². The van der Waals surface area contributed by atoms with Crippen LogP contribution in [0, 0.1) is 15.9 Å². The highest BCUT2D eigenvalue weighted by Gasteiger charge is 2.19. The molecule has 0 amide bonds. The van der Waals surface area contributed by atoms with Crippen LogP contribution in [0.1, 0.15) is 0 Å². The fourth-order valence-electron chi connectivity index (χ4n) is 1.93. The van der Waals surface area contributed by atoms with Gasteiger partial charge in [0.15, 0.2) is 4.73 Å². The molecule has 0 aliphatic rings. The van der Waals surface area contributed by atoms with Gasteiger partial charge < -0.3 is 4.98 Å². The third-order valence-corrected chi connectivity index (χ3v) is 3.14. The van der Waals surface area contributed by atoms with Crippen LogP contribution < -0.4 is 5.43 Å². The Hall–Kier alpha value is -2.42. The fourth-order valence-corrected chi connectivity index (χ4v) is 2.21. The number of pyridine rings is 1. The number of halogens is 2. The maximum absolute atomic E-state index is 13.4. The molecule has 1 N–H and O–H groups in total. The highest BCUT2D eigenvalue weighted by Crippen LogP contribution is 2.25. The number of aromatic amines is 1. The summed E-state index contributed by atoms with van der Waals surface area (Å²) in [6.07, 6.45) is 1.32. The average molecular weight is 339 g/mol. The van der Waals surface area contributed by atoms with E-state index in [1.54, 1.807) is 0 Å². The molecule has 0 bridgehead atoms. The van der Waals surface area contributed by atoms with Gasteiger partial charge in [0.1, 0.15) is 16.9 Å². The molecule has 0 aliphatic carbocycles. The number of aromatic nitrogens is 3. The van der Waals surface area contributed by atoms with Crippen molar-refractivity contribution in [2.45, 2.75) is 0 Å². The highest BCUT2D eigenvalue weighted by atomic mass is 79.9. The van der Waals surface area contributed by atoms with Crippen LogP contribution in [0.15, 0.2) is 27.9 Å². The number of nitrogens with one attached hydrogen (secondary N) is 1. The van der Waals surface area contributed by atoms with Crippen LogP contribution in [-0.4, -0.2) is 19.9 Å². The van der Waals surface area contributed by atoms with Gasteiger partial charge in [-0.05, 0) is 22.0 Å². The molecule has 3 rings (SSSR count). The molecule has 20 heavy (non-hydrogen) atoms. The molecular weight excluding hydrogens is 335 g/mol. The zero-order valence-electron chi connectivity index (χ0n) is 9.55. The molecular formula is C11H4BrFN4O3. The second-order valence-corrected chi connectivity index (χ2v) is 4.67. The van der Waals surface area contributed by atoms with E-state index in [0.29, 0.717) is 0 Å². The molecule has 2 heterocycles. The quantitative estimate of drug-likeness (QED) is 0.317. The molecule has 0 saturated carbocycles. The lowest BCUT2D eigenvalue weighted by Crippen LogP contribution is -2.08. The molecule has 7 nitrogen and oxygen atoms in total. The first-order chi connectivity index (χ1) is 9.47. The molecule has 0 unspecified atom stereocenters. The number of fused-ring (bicyclic) bond motifs is 2. The topological polar surface area (TPSA) is 102 Å². The molecule has 100 valence electrons. The van der Waals surface area contributed by atoms with Gasteiger partial charge >= 0.3 is 0 Å². The number of nitro benzene ring substituents is 1. The summed E-state index contributed by atoms with van der Waals surface area (Å²) in [6.45, 7) is 0. The van der Waals surface area contributed by atoms with Crippen molar-refractivity contribution >= 4 is 43.6 Å². The minimum Gasteiger partial charge on any atom is -0.346 e. The number of benzene rings is 1. The molecule has 0 saturated heterocycles. The number of nitro groups is 1. The third kappa shape index (κ3) is 1.83. The van der Waals surface area contributed by atoms with E-state index < -0.39 is 21.9 Å². The van der Waals surface area contributed by atoms with Crippen molar-refractivity contribution in [2.24, 2.45) is 0 Å². The normalized spacial score (nSPS) is 11.1. The van der Waals surface area contributed by atoms with Gasteiger partial charge in [-0.1, -0.05) is 0 Å². The number of hydrogen-bond acceptors (Lipinski definition) is 5. The van der Waals surface area contributed by atoms with Gasteiger partial charge in [0, 0.05) is 0 Å². The first kappa shape index (κ1) is 12.6. The Morgan fingerprint density at radius 2 is 2.15 bits per heavy atom. The molecule has 0 radical (unpaired) electrons. The van der Waals surface area contributed by atoms with Crippen molar-refractivity contribution < 1.29 is 9.31 Å². The Morgan fingerprint density at radius 3 is 2.85 bits per heavy atom. The van der Waals surface area contributed by atoms with Crippen molar-refractivity contribution in [3.8, 4) is 0 Å². The van der Waals surface area contributed by atoms with E-state index in [-0.39, 0.29) is 26.7 Å². The minimum absolute atomic E-state index is 0.0271. The summed E-state index contributed by atoms with van der Waals surface area (Å²) in [5.74, 6) is -0.859. The lowest BCUT2D eigenvalue weighted by molar-refractivity contribution is -0.383. The largest absolute Gasteiger partial charge is 0.346 e. The molecule has 0 spiro atoms. The molecule has 2 aromatic heterocycles. The Kier molecular flexibility index (Phi) is 2.71. The smallest absolute Gasteiger partial charge is 0.296 e. The van der Waals surface area contributed by atoms with Crippen LogP contribution in [0.25, 0.3) is 21.9 Å². The predicted octanol–water partition coefficient (Wildman–Crippen LogP) is 2.28. The number of H-pyrrole nitrogens is 1. The zero-order chi connectivity index (χ0) is 14.4. The summed E-state index contributed by atoms with van der Waals surface area (Å²) in [5, 5.41) is 10.8. The fraction of sp³-hybridized carbons (Fsp3) is 0. The van der Waals surface area contributed by atoms with Gasteiger partial charge in [0.25, 0.3) is 5.69 Å². The molecule has 1 aromatic carbocycles. The Morgan fingerprint density at radius 1 is 1.40 bits per heavy atom. The van der Waals surface area contributed by atoms with Gasteiger partial charge in [-0.2, -0.15) is 0 Å². The van der Waals surface area contributed by atoms with Crippen molar-refractivity contribution in [2.75, 3.05) is 0 Å². The van der Waals surface area contributed by atoms with E-state index in [2.05, 4.69) is 30.9 Å². The van der Waals surface area contributed by atoms with Crippen LogP contribution in [0.4, 0.5) is 10.1 Å². The highest BCUT2D eigenvalue weighted by molar-refractivity contribution is 9.10. The third-order valence-electron chi connectivity index (χ3n) is 2.76. The van der Waals surface area contributed by atoms with E-state index in [4.69, 9.17) is 0 Å². The number of rotatable bonds is 1. The van der Waals surface area contributed by atoms with Crippen LogP contribution in [-0.2, 0) is 0 Å². The van der Waals surface area contributed by atoms with Crippen LogP contribution in [0.2, 0.25) is 0 Å². The second kappa shape index (κ2) is 4.30. The predicted molar refractivity (Wildman–Crippen MR) is 72.0 cm³/mol. The average Bonchev–Trinajstić information content (AvgIpc) is 2.40. The summed E-state index contributed by atoms with van der Waals surface area (Å²) in [5.41, 5.74) is -0.902. The summed E-state index contributed by atoms with van der Waals surface area (Å²) >= 11 is 3.03. The minimum atomic E-state index is -0.859. The lowest BCUT2D eigenvalue weighted by Gasteiger charge is -2.03. The maximum Gasteiger partial charge on any atom is 0.296 e. The molecule has 0 atom stereocenters. The Balaban J connectivity index is 2.59. The van der Waals surface area contributed by atoms with E-state index in [1.165, 1.54) is 6.20 Å². The number of non-ortho nitro benzene ring substituents is 1. The Bertz CT molecular complexity index is 940. The van der Waals surface area contributed by atoms with Crippen LogP contribution in [0.3, 0.4) is 0 Å². The Labute approximate surface area is 117 Å². The van der Waals surface area contributed by atoms with Crippen LogP contribution >= 0.6 is 15.9 Å². The SMILES string of the molecule is O=c1c2cc(F)cc([N+](=O)[O-])c2[nH]c2cnc(Br)nc12. The van der Waals surface area contributed by atoms with E-state index in [0.717, 1.165) is 12.1 Å². The first-order valence-electron chi connectivity index (χ1n) is 5.29. The summed E-state index contributed by atoms with van der Waals surface area (Å²) < 4.78 is 13.6. The van der Waals surface area contributed by atoms with Gasteiger partial charge in [-0.15, -0.1) is 0 Å². The van der Waals surface area contributed by atoms with Crippen LogP contribution in [0.5, 0.6) is 0 Å². The molecule has 3 aromatic rings. The van der Waals surface area contributed by atoms with Crippen molar-refractivity contribution in [3.63, 3.8) is 0 Å². The molecule has 9 heteroatoms. The van der Waals surface area contributed by atoms with Gasteiger partial charge in [-0.25, -0.2) is 14.4 Å². The van der Waals surface area contributed by atoms with Gasteiger partial charge in [0.2, 0.25) is 5.43 Å². The van der Waals surface area contributed by atoms with Gasteiger partial charge in [0.05, 0.1) is 28.1 Å². The van der Waals surface area contributed by atoms with Crippen molar-refractivity contribution in [1.82, 2.24) is 15.0 Å². The van der Waals surface area contributed by atoms with E-state index in [9.17, 15) is 19.3 Å². The van der Waals surface area contributed by atoms with E-state index >= 15 is 0 Å². The first-order valence-corrected chi connectivity index (χ1v) is 6.09. The monoisotopic (exact) mass is 338 g/mol. The molecule has 0 aliphatic heterocycles. The standard InChI is InChI=1S/C11H4BrFN4O3/c12-11-14-3-6-9(16-11)10(18)5-1-4(13)2-7(17(19)20)8(5)15-6/h1-3H,(H,15,18). The number of hydrogen-bond donors (Lipinski definition) is 1. The molecule has 0 fully saturated rings. The van der Waals surface area contributed by atoms with Crippen molar-refractivity contribution in [1.29, 1.82) is 0 Å². The number of nitrogens with zero attached hydrogens (tertiary/aromatic N) is 3. The summed E-state index contributed by atoms with van der Waals surface area (Å²) in [6, 6.07) is 1.69. The lowest BCUT2D eigenvalue weighted by atomic mass is 10.1. The summed E-state index contributed by atoms with van der Waals surface area (Å²) in [4.78, 5) is 32.9. The maximum atomic E-state index is 13.4. The van der Waals surface area contributed by atoms with Crippen molar-refractivity contribution in [3.05, 3.63) is 49.2 Å².